The van der Waals surface area contributed by atoms with E-state index in [0.717, 1.165) is 17.6 Å². The third-order valence-corrected chi connectivity index (χ3v) is 4.25. The Morgan fingerprint density at radius 3 is 2.88 bits per heavy atom. The van der Waals surface area contributed by atoms with Gasteiger partial charge in [-0.15, -0.1) is 0 Å². The van der Waals surface area contributed by atoms with Crippen molar-refractivity contribution in [2.24, 2.45) is 18.0 Å². The molecule has 0 unspecified atom stereocenters. The summed E-state index contributed by atoms with van der Waals surface area (Å²) in [4.78, 5) is 16.8. The molecule has 0 aliphatic heterocycles. The maximum Gasteiger partial charge on any atom is 0.251 e. The largest absolute Gasteiger partial charge is 0.319 e. The van der Waals surface area contributed by atoms with Crippen LogP contribution in [0.25, 0.3) is 10.2 Å². The van der Waals surface area contributed by atoms with Gasteiger partial charge in [0.15, 0.2) is 4.80 Å². The number of carbonyl (C=O) groups is 1. The molecule has 2 aromatic rings. The molecular formula is C13H14N2OS. The van der Waals surface area contributed by atoms with Crippen LogP contribution in [0, 0.1) is 12.8 Å². The number of nitrogens with zero attached hydrogens (tertiary/aromatic N) is 2. The lowest BCUT2D eigenvalue weighted by atomic mass is 10.2. The third-order valence-electron chi connectivity index (χ3n) is 3.16. The molecule has 1 aliphatic carbocycles. The molecule has 0 bridgehead atoms. The van der Waals surface area contributed by atoms with Crippen LogP contribution in [0.2, 0.25) is 0 Å². The zero-order valence-electron chi connectivity index (χ0n) is 9.93. The van der Waals surface area contributed by atoms with E-state index in [1.165, 1.54) is 15.8 Å². The Kier molecular flexibility index (Phi) is 2.40. The maximum atomic E-state index is 11.7. The molecule has 0 saturated heterocycles. The highest BCUT2D eigenvalue weighted by atomic mass is 32.1. The van der Waals surface area contributed by atoms with Gasteiger partial charge in [-0.3, -0.25) is 4.79 Å². The normalized spacial score (nSPS) is 16.7. The number of carbonyl (C=O) groups excluding carboxylic acids is 1. The van der Waals surface area contributed by atoms with Crippen molar-refractivity contribution >= 4 is 27.5 Å². The SMILES string of the molecule is Cc1cccc2sc(=NC(=O)C3CC3)n(C)c12. The van der Waals surface area contributed by atoms with Crippen LogP contribution in [0.5, 0.6) is 0 Å². The topological polar surface area (TPSA) is 34.4 Å². The number of rotatable bonds is 1. The second-order valence-corrected chi connectivity index (χ2v) is 5.60. The van der Waals surface area contributed by atoms with Crippen LogP contribution < -0.4 is 4.80 Å². The van der Waals surface area contributed by atoms with Crippen molar-refractivity contribution in [2.75, 3.05) is 0 Å². The summed E-state index contributed by atoms with van der Waals surface area (Å²) in [6, 6.07) is 6.20. The van der Waals surface area contributed by atoms with Gasteiger partial charge in [0.05, 0.1) is 10.2 Å². The van der Waals surface area contributed by atoms with E-state index in [-0.39, 0.29) is 11.8 Å². The molecule has 4 heteroatoms. The van der Waals surface area contributed by atoms with Crippen LogP contribution in [0.1, 0.15) is 18.4 Å². The first-order chi connectivity index (χ1) is 8.16. The summed E-state index contributed by atoms with van der Waals surface area (Å²) in [5, 5.41) is 0. The van der Waals surface area contributed by atoms with Crippen LogP contribution in [-0.4, -0.2) is 10.5 Å². The number of hydrogen-bond acceptors (Lipinski definition) is 2. The fourth-order valence-electron chi connectivity index (χ4n) is 2.02. The average molecular weight is 246 g/mol. The monoisotopic (exact) mass is 246 g/mol. The molecule has 1 aliphatic rings. The summed E-state index contributed by atoms with van der Waals surface area (Å²) in [6.07, 6.45) is 2.02. The minimum Gasteiger partial charge on any atom is -0.319 e. The summed E-state index contributed by atoms with van der Waals surface area (Å²) in [5.41, 5.74) is 2.40. The van der Waals surface area contributed by atoms with Gasteiger partial charge in [0, 0.05) is 13.0 Å². The van der Waals surface area contributed by atoms with E-state index in [4.69, 9.17) is 0 Å². The molecule has 1 aromatic carbocycles. The number of aromatic nitrogens is 1. The maximum absolute atomic E-state index is 11.7. The zero-order valence-corrected chi connectivity index (χ0v) is 10.8. The number of hydrogen-bond donors (Lipinski definition) is 0. The number of aryl methyl sites for hydroxylation is 2. The highest BCUT2D eigenvalue weighted by Crippen LogP contribution is 2.30. The number of para-hydroxylation sites is 1. The summed E-state index contributed by atoms with van der Waals surface area (Å²) in [6.45, 7) is 2.08. The lowest BCUT2D eigenvalue weighted by molar-refractivity contribution is -0.119. The molecule has 0 N–H and O–H groups in total. The van der Waals surface area contributed by atoms with E-state index < -0.39 is 0 Å². The van der Waals surface area contributed by atoms with E-state index >= 15 is 0 Å². The Balaban J connectivity index is 2.20. The van der Waals surface area contributed by atoms with Crippen LogP contribution in [0.15, 0.2) is 23.2 Å². The second-order valence-electron chi connectivity index (χ2n) is 4.59. The van der Waals surface area contributed by atoms with E-state index in [9.17, 15) is 4.79 Å². The number of thiazole rings is 1. The lowest BCUT2D eigenvalue weighted by Gasteiger charge is -1.98. The predicted octanol–water partition coefficient (Wildman–Crippen LogP) is 2.39. The van der Waals surface area contributed by atoms with Gasteiger partial charge in [-0.2, -0.15) is 4.99 Å². The zero-order chi connectivity index (χ0) is 12.0. The molecule has 0 radical (unpaired) electrons. The van der Waals surface area contributed by atoms with E-state index in [1.807, 2.05) is 17.7 Å². The summed E-state index contributed by atoms with van der Waals surface area (Å²) in [5.74, 6) is 0.242. The molecule has 1 heterocycles. The van der Waals surface area contributed by atoms with Crippen molar-refractivity contribution < 1.29 is 4.79 Å². The van der Waals surface area contributed by atoms with Crippen LogP contribution in [0.3, 0.4) is 0 Å². The van der Waals surface area contributed by atoms with Crippen molar-refractivity contribution in [3.63, 3.8) is 0 Å². The minimum absolute atomic E-state index is 0.0461. The van der Waals surface area contributed by atoms with Gasteiger partial charge >= 0.3 is 0 Å². The van der Waals surface area contributed by atoms with E-state index in [2.05, 4.69) is 24.0 Å². The van der Waals surface area contributed by atoms with Gasteiger partial charge in [-0.1, -0.05) is 23.5 Å². The minimum atomic E-state index is 0.0461. The van der Waals surface area contributed by atoms with E-state index in [1.54, 1.807) is 11.3 Å². The van der Waals surface area contributed by atoms with Crippen molar-refractivity contribution in [1.82, 2.24) is 4.57 Å². The van der Waals surface area contributed by atoms with Gasteiger partial charge in [0.2, 0.25) is 0 Å². The average Bonchev–Trinajstić information content (AvgIpc) is 3.07. The van der Waals surface area contributed by atoms with Crippen LogP contribution in [0.4, 0.5) is 0 Å². The molecule has 3 nitrogen and oxygen atoms in total. The molecule has 1 amide bonds. The number of amides is 1. The van der Waals surface area contributed by atoms with Gasteiger partial charge in [0.25, 0.3) is 5.91 Å². The van der Waals surface area contributed by atoms with Crippen molar-refractivity contribution in [1.29, 1.82) is 0 Å². The van der Waals surface area contributed by atoms with Gasteiger partial charge in [0.1, 0.15) is 0 Å². The third kappa shape index (κ3) is 1.82. The van der Waals surface area contributed by atoms with Gasteiger partial charge in [-0.05, 0) is 31.4 Å². The van der Waals surface area contributed by atoms with Gasteiger partial charge in [-0.25, -0.2) is 0 Å². The number of benzene rings is 1. The Morgan fingerprint density at radius 2 is 2.24 bits per heavy atom. The molecule has 17 heavy (non-hydrogen) atoms. The highest BCUT2D eigenvalue weighted by Gasteiger charge is 2.29. The second kappa shape index (κ2) is 3.81. The Morgan fingerprint density at radius 1 is 1.47 bits per heavy atom. The van der Waals surface area contributed by atoms with Crippen molar-refractivity contribution in [3.8, 4) is 0 Å². The molecule has 0 atom stereocenters. The first kappa shape index (κ1) is 10.7. The molecule has 88 valence electrons. The summed E-state index contributed by atoms with van der Waals surface area (Å²) < 4.78 is 3.21. The first-order valence-corrected chi connectivity index (χ1v) is 6.62. The van der Waals surface area contributed by atoms with Crippen molar-refractivity contribution in [2.45, 2.75) is 19.8 Å². The number of fused-ring (bicyclic) bond motifs is 1. The Hall–Kier alpha value is -1.42. The van der Waals surface area contributed by atoms with Crippen molar-refractivity contribution in [3.05, 3.63) is 28.6 Å². The molecule has 3 rings (SSSR count). The lowest BCUT2D eigenvalue weighted by Crippen LogP contribution is -2.14. The standard InChI is InChI=1S/C13H14N2OS/c1-8-4-3-5-10-11(8)15(2)13(17-10)14-12(16)9-6-7-9/h3-5,9H,6-7H2,1-2H3. The Labute approximate surface area is 103 Å². The highest BCUT2D eigenvalue weighted by molar-refractivity contribution is 7.16. The summed E-state index contributed by atoms with van der Waals surface area (Å²) in [7, 11) is 1.98. The first-order valence-electron chi connectivity index (χ1n) is 5.80. The van der Waals surface area contributed by atoms with Crippen LogP contribution in [-0.2, 0) is 11.8 Å². The van der Waals surface area contributed by atoms with E-state index in [0.29, 0.717) is 0 Å². The molecule has 0 spiro atoms. The fraction of sp³-hybridized carbons (Fsp3) is 0.385. The predicted molar refractivity (Wildman–Crippen MR) is 68.8 cm³/mol. The fourth-order valence-corrected chi connectivity index (χ4v) is 3.12. The molecular weight excluding hydrogens is 232 g/mol. The molecule has 1 aromatic heterocycles. The Bertz CT molecular complexity index is 662. The quantitative estimate of drug-likeness (QED) is 0.760. The van der Waals surface area contributed by atoms with Crippen LogP contribution >= 0.6 is 11.3 Å². The van der Waals surface area contributed by atoms with Gasteiger partial charge < -0.3 is 4.57 Å². The smallest absolute Gasteiger partial charge is 0.251 e. The molecule has 1 saturated carbocycles. The summed E-state index contributed by atoms with van der Waals surface area (Å²) >= 11 is 1.59. The molecule has 1 fully saturated rings.